The predicted molar refractivity (Wildman–Crippen MR) is 95.8 cm³/mol. The largest absolute Gasteiger partial charge is 0.396 e. The van der Waals surface area contributed by atoms with Gasteiger partial charge in [0.15, 0.2) is 5.69 Å². The van der Waals surface area contributed by atoms with Gasteiger partial charge in [0.25, 0.3) is 5.91 Å². The summed E-state index contributed by atoms with van der Waals surface area (Å²) >= 11 is 0. The maximum absolute atomic E-state index is 14.2. The van der Waals surface area contributed by atoms with Crippen LogP contribution in [0.25, 0.3) is 5.69 Å². The van der Waals surface area contributed by atoms with E-state index in [1.54, 1.807) is 22.9 Å². The van der Waals surface area contributed by atoms with Crippen molar-refractivity contribution in [1.82, 2.24) is 15.1 Å². The summed E-state index contributed by atoms with van der Waals surface area (Å²) in [4.78, 5) is 12.8. The number of amides is 1. The summed E-state index contributed by atoms with van der Waals surface area (Å²) in [6.45, 7) is 0.223. The molecule has 2 aromatic rings. The molecule has 0 bridgehead atoms. The Morgan fingerprint density at radius 1 is 1.23 bits per heavy atom. The first-order valence-electron chi connectivity index (χ1n) is 9.44. The molecule has 1 saturated carbocycles. The van der Waals surface area contributed by atoms with Gasteiger partial charge in [0.05, 0.1) is 0 Å². The predicted octanol–water partition coefficient (Wildman–Crippen LogP) is 2.78. The van der Waals surface area contributed by atoms with Crippen molar-refractivity contribution in [2.75, 3.05) is 6.61 Å². The number of hydrogen-bond donors (Lipinski definition) is 2. The van der Waals surface area contributed by atoms with Crippen molar-refractivity contribution >= 4 is 5.91 Å². The maximum Gasteiger partial charge on any atom is 0.272 e. The van der Waals surface area contributed by atoms with Crippen LogP contribution >= 0.6 is 0 Å². The fraction of sp³-hybridized carbons (Fsp3) is 0.500. The van der Waals surface area contributed by atoms with E-state index in [4.69, 9.17) is 0 Å². The smallest absolute Gasteiger partial charge is 0.272 e. The van der Waals surface area contributed by atoms with E-state index in [0.717, 1.165) is 56.2 Å². The van der Waals surface area contributed by atoms with Crippen LogP contribution in [0.4, 0.5) is 4.39 Å². The first-order chi connectivity index (χ1) is 12.7. The van der Waals surface area contributed by atoms with E-state index in [1.165, 1.54) is 6.07 Å². The normalized spacial score (nSPS) is 22.2. The first kappa shape index (κ1) is 17.2. The minimum absolute atomic E-state index is 0.126. The Bertz CT molecular complexity index is 809. The van der Waals surface area contributed by atoms with E-state index in [9.17, 15) is 14.3 Å². The molecule has 0 radical (unpaired) electrons. The maximum atomic E-state index is 14.2. The van der Waals surface area contributed by atoms with Crippen LogP contribution in [0.5, 0.6) is 0 Å². The second kappa shape index (κ2) is 7.19. The molecule has 0 spiro atoms. The van der Waals surface area contributed by atoms with Crippen molar-refractivity contribution in [3.63, 3.8) is 0 Å². The molecule has 26 heavy (non-hydrogen) atoms. The SMILES string of the molecule is O=C(NC1CCC(CO)CC1)c1nn(-c2ccccc2F)c2c1CCC2. The highest BCUT2D eigenvalue weighted by Crippen LogP contribution is 2.29. The molecule has 1 fully saturated rings. The van der Waals surface area contributed by atoms with Gasteiger partial charge in [-0.3, -0.25) is 4.79 Å². The molecule has 2 aliphatic rings. The van der Waals surface area contributed by atoms with Crippen LogP contribution in [0.1, 0.15) is 53.8 Å². The summed E-state index contributed by atoms with van der Waals surface area (Å²) in [5, 5.41) is 16.8. The van der Waals surface area contributed by atoms with Gasteiger partial charge in [-0.1, -0.05) is 12.1 Å². The Labute approximate surface area is 152 Å². The number of carbonyl (C=O) groups is 1. The van der Waals surface area contributed by atoms with E-state index in [2.05, 4.69) is 10.4 Å². The highest BCUT2D eigenvalue weighted by molar-refractivity contribution is 5.94. The molecule has 4 rings (SSSR count). The molecule has 138 valence electrons. The summed E-state index contributed by atoms with van der Waals surface area (Å²) in [6, 6.07) is 6.66. The van der Waals surface area contributed by atoms with Crippen molar-refractivity contribution in [2.45, 2.75) is 51.0 Å². The fourth-order valence-corrected chi connectivity index (χ4v) is 4.19. The average Bonchev–Trinajstić information content (AvgIpc) is 3.25. The standard InChI is InChI=1S/C20H24FN3O2/c21-16-5-1-2-6-18(16)24-17-7-3-4-15(17)19(23-24)20(26)22-14-10-8-13(12-25)9-11-14/h1-2,5-6,13-14,25H,3-4,7-12H2,(H,22,26). The van der Waals surface area contributed by atoms with Gasteiger partial charge in [0.2, 0.25) is 0 Å². The van der Waals surface area contributed by atoms with Crippen molar-refractivity contribution in [3.8, 4) is 5.69 Å². The lowest BCUT2D eigenvalue weighted by Gasteiger charge is -2.27. The molecule has 6 heteroatoms. The highest BCUT2D eigenvalue weighted by atomic mass is 19.1. The van der Waals surface area contributed by atoms with E-state index in [-0.39, 0.29) is 24.4 Å². The number of para-hydroxylation sites is 1. The number of rotatable bonds is 4. The number of fused-ring (bicyclic) bond motifs is 1. The quantitative estimate of drug-likeness (QED) is 0.884. The van der Waals surface area contributed by atoms with E-state index in [0.29, 0.717) is 17.3 Å². The third-order valence-electron chi connectivity index (χ3n) is 5.67. The van der Waals surface area contributed by atoms with E-state index in [1.807, 2.05) is 0 Å². The monoisotopic (exact) mass is 357 g/mol. The van der Waals surface area contributed by atoms with Crippen molar-refractivity contribution in [3.05, 3.63) is 47.0 Å². The number of nitrogens with zero attached hydrogens (tertiary/aromatic N) is 2. The molecule has 2 aliphatic carbocycles. The zero-order valence-electron chi connectivity index (χ0n) is 14.7. The zero-order chi connectivity index (χ0) is 18.1. The molecule has 1 amide bonds. The van der Waals surface area contributed by atoms with Crippen molar-refractivity contribution < 1.29 is 14.3 Å². The number of aliphatic hydroxyl groups excluding tert-OH is 1. The van der Waals surface area contributed by atoms with Crippen LogP contribution in [0.3, 0.4) is 0 Å². The number of halogens is 1. The van der Waals surface area contributed by atoms with Gasteiger partial charge < -0.3 is 10.4 Å². The zero-order valence-corrected chi connectivity index (χ0v) is 14.7. The molecular formula is C20H24FN3O2. The van der Waals surface area contributed by atoms with Crippen molar-refractivity contribution in [1.29, 1.82) is 0 Å². The van der Waals surface area contributed by atoms with Crippen LogP contribution in [0.15, 0.2) is 24.3 Å². The Balaban J connectivity index is 1.57. The third-order valence-corrected chi connectivity index (χ3v) is 5.67. The number of nitrogens with one attached hydrogen (secondary N) is 1. The summed E-state index contributed by atoms with van der Waals surface area (Å²) in [7, 11) is 0. The average molecular weight is 357 g/mol. The summed E-state index contributed by atoms with van der Waals surface area (Å²) in [5.41, 5.74) is 2.73. The Hall–Kier alpha value is -2.21. The highest BCUT2D eigenvalue weighted by Gasteiger charge is 2.29. The minimum atomic E-state index is -0.334. The fourth-order valence-electron chi connectivity index (χ4n) is 4.19. The molecule has 5 nitrogen and oxygen atoms in total. The Morgan fingerprint density at radius 2 is 2.00 bits per heavy atom. The van der Waals surface area contributed by atoms with Gasteiger partial charge in [-0.05, 0) is 63.0 Å². The second-order valence-corrected chi connectivity index (χ2v) is 7.36. The Kier molecular flexibility index (Phi) is 4.76. The van der Waals surface area contributed by atoms with Crippen molar-refractivity contribution in [2.24, 2.45) is 5.92 Å². The molecule has 2 N–H and O–H groups in total. The molecule has 0 saturated heterocycles. The van der Waals surface area contributed by atoms with Gasteiger partial charge in [0, 0.05) is 23.9 Å². The molecular weight excluding hydrogens is 333 g/mol. The number of carbonyl (C=O) groups excluding carboxylic acids is 1. The lowest BCUT2D eigenvalue weighted by atomic mass is 9.86. The Morgan fingerprint density at radius 3 is 2.73 bits per heavy atom. The molecule has 0 atom stereocenters. The van der Waals surface area contributed by atoms with Gasteiger partial charge in [-0.2, -0.15) is 5.10 Å². The van der Waals surface area contributed by atoms with Crippen LogP contribution in [0, 0.1) is 11.7 Å². The topological polar surface area (TPSA) is 67.2 Å². The minimum Gasteiger partial charge on any atom is -0.396 e. The molecule has 0 unspecified atom stereocenters. The van der Waals surface area contributed by atoms with E-state index < -0.39 is 0 Å². The number of hydrogen-bond acceptors (Lipinski definition) is 3. The molecule has 1 heterocycles. The molecule has 0 aliphatic heterocycles. The second-order valence-electron chi connectivity index (χ2n) is 7.36. The van der Waals surface area contributed by atoms with Crippen LogP contribution in [0.2, 0.25) is 0 Å². The van der Waals surface area contributed by atoms with Crippen LogP contribution in [-0.4, -0.2) is 33.4 Å². The van der Waals surface area contributed by atoms with Crippen LogP contribution < -0.4 is 5.32 Å². The lowest BCUT2D eigenvalue weighted by molar-refractivity contribution is 0.0907. The van der Waals surface area contributed by atoms with Gasteiger partial charge in [-0.25, -0.2) is 9.07 Å². The van der Waals surface area contributed by atoms with E-state index >= 15 is 0 Å². The summed E-state index contributed by atoms with van der Waals surface area (Å²) in [5.74, 6) is -0.141. The summed E-state index contributed by atoms with van der Waals surface area (Å²) < 4.78 is 15.8. The van der Waals surface area contributed by atoms with Crippen LogP contribution in [-0.2, 0) is 12.8 Å². The first-order valence-corrected chi connectivity index (χ1v) is 9.44. The molecule has 1 aromatic heterocycles. The lowest BCUT2D eigenvalue weighted by Crippen LogP contribution is -2.38. The number of aromatic nitrogens is 2. The number of aliphatic hydroxyl groups is 1. The molecule has 1 aromatic carbocycles. The van der Waals surface area contributed by atoms with Gasteiger partial charge in [-0.15, -0.1) is 0 Å². The van der Waals surface area contributed by atoms with Gasteiger partial charge in [0.1, 0.15) is 11.5 Å². The number of benzene rings is 1. The van der Waals surface area contributed by atoms with Gasteiger partial charge >= 0.3 is 0 Å². The third kappa shape index (κ3) is 3.14. The summed E-state index contributed by atoms with van der Waals surface area (Å²) in [6.07, 6.45) is 6.21.